The van der Waals surface area contributed by atoms with E-state index >= 15 is 0 Å². The van der Waals surface area contributed by atoms with Gasteiger partial charge in [-0.2, -0.15) is 0 Å². The van der Waals surface area contributed by atoms with Gasteiger partial charge in [-0.25, -0.2) is 0 Å². The van der Waals surface area contributed by atoms with Gasteiger partial charge >= 0.3 is 0 Å². The summed E-state index contributed by atoms with van der Waals surface area (Å²) in [5.74, 6) is 0.00814. The van der Waals surface area contributed by atoms with Gasteiger partial charge in [-0.3, -0.25) is 14.9 Å². The molecule has 1 amide bonds. The number of aromatic nitrogens is 1. The highest BCUT2D eigenvalue weighted by Crippen LogP contribution is 2.35. The molecule has 1 aliphatic rings. The van der Waals surface area contributed by atoms with Gasteiger partial charge in [0.15, 0.2) is 0 Å². The van der Waals surface area contributed by atoms with Crippen molar-refractivity contribution in [3.8, 4) is 0 Å². The average molecular weight is 377 g/mol. The number of nitrogens with zero attached hydrogens (tertiary/aromatic N) is 3. The molecule has 6 heteroatoms. The average Bonchev–Trinajstić information content (AvgIpc) is 3.35. The van der Waals surface area contributed by atoms with Gasteiger partial charge in [0.05, 0.1) is 4.92 Å². The zero-order valence-electron chi connectivity index (χ0n) is 15.9. The van der Waals surface area contributed by atoms with Crippen molar-refractivity contribution in [2.24, 2.45) is 7.05 Å². The first-order chi connectivity index (χ1) is 13.5. The fourth-order valence-electron chi connectivity index (χ4n) is 4.16. The molecule has 144 valence electrons. The highest BCUT2D eigenvalue weighted by Gasteiger charge is 2.26. The second-order valence-corrected chi connectivity index (χ2v) is 7.41. The van der Waals surface area contributed by atoms with Crippen molar-refractivity contribution in [3.63, 3.8) is 0 Å². The minimum absolute atomic E-state index is 0.0614. The van der Waals surface area contributed by atoms with Crippen LogP contribution in [-0.2, 0) is 11.8 Å². The molecule has 1 unspecified atom stereocenters. The van der Waals surface area contributed by atoms with Crippen LogP contribution in [0.15, 0.2) is 54.7 Å². The molecule has 0 N–H and O–H groups in total. The molecule has 2 aromatic carbocycles. The van der Waals surface area contributed by atoms with Gasteiger partial charge in [0, 0.05) is 61.7 Å². The first-order valence-electron chi connectivity index (χ1n) is 9.60. The molecule has 28 heavy (non-hydrogen) atoms. The van der Waals surface area contributed by atoms with Crippen LogP contribution in [0.2, 0.25) is 0 Å². The number of amides is 1. The van der Waals surface area contributed by atoms with E-state index in [0.717, 1.165) is 48.0 Å². The smallest absolute Gasteiger partial charge is 0.269 e. The van der Waals surface area contributed by atoms with Gasteiger partial charge in [-0.05, 0) is 30.0 Å². The number of para-hydroxylation sites is 1. The molecular weight excluding hydrogens is 354 g/mol. The van der Waals surface area contributed by atoms with Crippen LogP contribution in [0.25, 0.3) is 10.9 Å². The zero-order chi connectivity index (χ0) is 19.7. The highest BCUT2D eigenvalue weighted by molar-refractivity contribution is 5.86. The monoisotopic (exact) mass is 377 g/mol. The second-order valence-electron chi connectivity index (χ2n) is 7.41. The number of hydrogen-bond donors (Lipinski definition) is 0. The van der Waals surface area contributed by atoms with Crippen molar-refractivity contribution < 1.29 is 9.72 Å². The fourth-order valence-corrected chi connectivity index (χ4v) is 4.16. The molecular formula is C22H23N3O3. The van der Waals surface area contributed by atoms with Crippen LogP contribution in [0.1, 0.15) is 36.3 Å². The quantitative estimate of drug-likeness (QED) is 0.493. The molecule has 0 saturated carbocycles. The summed E-state index contributed by atoms with van der Waals surface area (Å²) in [6.45, 7) is 1.64. The fraction of sp³-hybridized carbons (Fsp3) is 0.318. The molecule has 6 nitrogen and oxygen atoms in total. The maximum absolute atomic E-state index is 12.9. The Morgan fingerprint density at radius 3 is 2.46 bits per heavy atom. The molecule has 0 radical (unpaired) electrons. The standard InChI is InChI=1S/C22H23N3O3/c1-23-15-20(18-6-2-3-7-21(18)23)19(14-22(26)24-12-4-5-13-24)16-8-10-17(11-9-16)25(27)28/h2-3,6-11,15,19H,4-5,12-14H2,1H3. The summed E-state index contributed by atoms with van der Waals surface area (Å²) in [5.41, 5.74) is 3.18. The lowest BCUT2D eigenvalue weighted by molar-refractivity contribution is -0.384. The molecule has 4 rings (SSSR count). The Balaban J connectivity index is 1.76. The predicted molar refractivity (Wildman–Crippen MR) is 108 cm³/mol. The second kappa shape index (κ2) is 7.46. The van der Waals surface area contributed by atoms with Crippen LogP contribution in [0.4, 0.5) is 5.69 Å². The lowest BCUT2D eigenvalue weighted by atomic mass is 9.87. The number of hydrogen-bond acceptors (Lipinski definition) is 3. The van der Waals surface area contributed by atoms with Crippen LogP contribution < -0.4 is 0 Å². The van der Waals surface area contributed by atoms with E-state index in [0.29, 0.717) is 6.42 Å². The number of rotatable bonds is 5. The van der Waals surface area contributed by atoms with Gasteiger partial charge in [0.25, 0.3) is 5.69 Å². The minimum Gasteiger partial charge on any atom is -0.350 e. The largest absolute Gasteiger partial charge is 0.350 e. The summed E-state index contributed by atoms with van der Waals surface area (Å²) in [6, 6.07) is 14.7. The first-order valence-corrected chi connectivity index (χ1v) is 9.60. The van der Waals surface area contributed by atoms with Gasteiger partial charge in [-0.15, -0.1) is 0 Å². The maximum Gasteiger partial charge on any atom is 0.269 e. The van der Waals surface area contributed by atoms with Gasteiger partial charge < -0.3 is 9.47 Å². The summed E-state index contributed by atoms with van der Waals surface area (Å²) in [6.07, 6.45) is 4.56. The SMILES string of the molecule is Cn1cc(C(CC(=O)N2CCCC2)c2ccc([N+](=O)[O-])cc2)c2ccccc21. The molecule has 1 aliphatic heterocycles. The molecule has 0 bridgehead atoms. The zero-order valence-corrected chi connectivity index (χ0v) is 15.9. The van der Waals surface area contributed by atoms with Crippen LogP contribution >= 0.6 is 0 Å². The van der Waals surface area contributed by atoms with Gasteiger partial charge in [0.1, 0.15) is 0 Å². The van der Waals surface area contributed by atoms with Crippen molar-refractivity contribution in [3.05, 3.63) is 76.0 Å². The van der Waals surface area contributed by atoms with Crippen molar-refractivity contribution in [2.75, 3.05) is 13.1 Å². The third kappa shape index (κ3) is 3.38. The number of nitro benzene ring substituents is 1. The van der Waals surface area contributed by atoms with E-state index in [1.165, 1.54) is 12.1 Å². The number of carbonyl (C=O) groups is 1. The number of fused-ring (bicyclic) bond motifs is 1. The van der Waals surface area contributed by atoms with E-state index in [1.54, 1.807) is 12.1 Å². The highest BCUT2D eigenvalue weighted by atomic mass is 16.6. The molecule has 1 aromatic heterocycles. The Hall–Kier alpha value is -3.15. The lowest BCUT2D eigenvalue weighted by Crippen LogP contribution is -2.29. The molecule has 2 heterocycles. The van der Waals surface area contributed by atoms with Gasteiger partial charge in [-0.1, -0.05) is 30.3 Å². The Bertz CT molecular complexity index is 1020. The van der Waals surface area contributed by atoms with Crippen molar-refractivity contribution in [2.45, 2.75) is 25.2 Å². The van der Waals surface area contributed by atoms with Crippen LogP contribution in [0.3, 0.4) is 0 Å². The normalized spacial score (nSPS) is 15.1. The first kappa shape index (κ1) is 18.2. The topological polar surface area (TPSA) is 68.4 Å². The van der Waals surface area contributed by atoms with E-state index < -0.39 is 4.92 Å². The third-order valence-electron chi connectivity index (χ3n) is 5.65. The lowest BCUT2D eigenvalue weighted by Gasteiger charge is -2.21. The molecule has 3 aromatic rings. The van der Waals surface area contributed by atoms with E-state index in [4.69, 9.17) is 0 Å². The summed E-state index contributed by atoms with van der Waals surface area (Å²) in [4.78, 5) is 25.5. The van der Waals surface area contributed by atoms with E-state index in [9.17, 15) is 14.9 Å². The summed E-state index contributed by atoms with van der Waals surface area (Å²) in [5, 5.41) is 12.1. The van der Waals surface area contributed by atoms with Crippen LogP contribution in [-0.4, -0.2) is 33.4 Å². The number of likely N-dealkylation sites (tertiary alicyclic amines) is 1. The summed E-state index contributed by atoms with van der Waals surface area (Å²) < 4.78 is 2.07. The Kier molecular flexibility index (Phi) is 4.86. The number of benzene rings is 2. The number of nitro groups is 1. The molecule has 1 atom stereocenters. The molecule has 0 spiro atoms. The summed E-state index contributed by atoms with van der Waals surface area (Å²) >= 11 is 0. The van der Waals surface area contributed by atoms with Crippen LogP contribution in [0, 0.1) is 10.1 Å². The predicted octanol–water partition coefficient (Wildman–Crippen LogP) is 4.23. The van der Waals surface area contributed by atoms with Crippen molar-refractivity contribution in [1.29, 1.82) is 0 Å². The van der Waals surface area contributed by atoms with Crippen LogP contribution in [0.5, 0.6) is 0 Å². The maximum atomic E-state index is 12.9. The Morgan fingerprint density at radius 2 is 1.79 bits per heavy atom. The molecule has 1 fully saturated rings. The summed E-state index contributed by atoms with van der Waals surface area (Å²) in [7, 11) is 2.00. The van der Waals surface area contributed by atoms with Crippen molar-refractivity contribution >= 4 is 22.5 Å². The molecule has 1 saturated heterocycles. The van der Waals surface area contributed by atoms with Crippen molar-refractivity contribution in [1.82, 2.24) is 9.47 Å². The third-order valence-corrected chi connectivity index (χ3v) is 5.65. The van der Waals surface area contributed by atoms with E-state index in [-0.39, 0.29) is 17.5 Å². The Morgan fingerprint density at radius 1 is 1.11 bits per heavy atom. The minimum atomic E-state index is -0.397. The number of non-ortho nitro benzene ring substituents is 1. The molecule has 0 aliphatic carbocycles. The van der Waals surface area contributed by atoms with E-state index in [1.807, 2.05) is 24.1 Å². The van der Waals surface area contributed by atoms with E-state index in [2.05, 4.69) is 22.9 Å². The Labute approximate surface area is 163 Å². The number of carbonyl (C=O) groups excluding carboxylic acids is 1. The number of aryl methyl sites for hydroxylation is 1. The van der Waals surface area contributed by atoms with Gasteiger partial charge in [0.2, 0.25) is 5.91 Å².